The summed E-state index contributed by atoms with van der Waals surface area (Å²) in [5.41, 5.74) is 3.20. The van der Waals surface area contributed by atoms with Crippen LogP contribution in [-0.4, -0.2) is 28.0 Å². The molecule has 2 aromatic carbocycles. The Kier molecular flexibility index (Phi) is 4.42. The molecule has 0 spiro atoms. The summed E-state index contributed by atoms with van der Waals surface area (Å²) in [5, 5.41) is 13.8. The van der Waals surface area contributed by atoms with Gasteiger partial charge < -0.3 is 15.1 Å². The Balaban J connectivity index is 1.75. The van der Waals surface area contributed by atoms with E-state index >= 15 is 0 Å². The smallest absolute Gasteiger partial charge is 0.317 e. The number of carbonyl (C=O) groups is 1. The van der Waals surface area contributed by atoms with E-state index in [0.717, 1.165) is 11.1 Å². The van der Waals surface area contributed by atoms with Crippen LogP contribution in [0.3, 0.4) is 0 Å². The minimum absolute atomic E-state index is 0.101. The second kappa shape index (κ2) is 7.03. The number of amides is 1. The standard InChI is InChI=1S/C20H19N5O2/c1-12(2)19-24-25-20(27-19)23-17-18(26)21-15-11-7-6-10-14(15)16(22-17)13-8-4-3-5-9-13/h3-12,17H,1-2H3,(H,21,26)(H,23,25). The summed E-state index contributed by atoms with van der Waals surface area (Å²) < 4.78 is 5.57. The van der Waals surface area contributed by atoms with Gasteiger partial charge in [-0.15, -0.1) is 5.10 Å². The molecule has 0 radical (unpaired) electrons. The third kappa shape index (κ3) is 3.44. The Labute approximate surface area is 156 Å². The predicted octanol–water partition coefficient (Wildman–Crippen LogP) is 3.42. The van der Waals surface area contributed by atoms with Crippen LogP contribution in [0.5, 0.6) is 0 Å². The highest BCUT2D eigenvalue weighted by Gasteiger charge is 2.27. The molecule has 27 heavy (non-hydrogen) atoms. The molecule has 1 atom stereocenters. The van der Waals surface area contributed by atoms with Crippen LogP contribution in [0.2, 0.25) is 0 Å². The molecule has 1 unspecified atom stereocenters. The molecule has 7 nitrogen and oxygen atoms in total. The van der Waals surface area contributed by atoms with Crippen molar-refractivity contribution >= 4 is 23.3 Å². The number of para-hydroxylation sites is 1. The van der Waals surface area contributed by atoms with Crippen molar-refractivity contribution in [1.82, 2.24) is 10.2 Å². The monoisotopic (exact) mass is 361 g/mol. The van der Waals surface area contributed by atoms with Gasteiger partial charge in [-0.2, -0.15) is 0 Å². The second-order valence-corrected chi connectivity index (χ2v) is 6.53. The van der Waals surface area contributed by atoms with Crippen molar-refractivity contribution < 1.29 is 9.21 Å². The van der Waals surface area contributed by atoms with Crippen LogP contribution in [0, 0.1) is 0 Å². The lowest BCUT2D eigenvalue weighted by Gasteiger charge is -2.11. The molecule has 1 amide bonds. The zero-order valence-electron chi connectivity index (χ0n) is 15.0. The number of nitrogens with zero attached hydrogens (tertiary/aromatic N) is 3. The fourth-order valence-corrected chi connectivity index (χ4v) is 2.82. The summed E-state index contributed by atoms with van der Waals surface area (Å²) in [5.74, 6) is 0.309. The van der Waals surface area contributed by atoms with E-state index in [1.165, 1.54) is 0 Å². The first kappa shape index (κ1) is 17.0. The molecule has 1 aromatic heterocycles. The highest BCUT2D eigenvalue weighted by atomic mass is 16.4. The van der Waals surface area contributed by atoms with Gasteiger partial charge in [0.05, 0.1) is 11.4 Å². The molecular weight excluding hydrogens is 342 g/mol. The number of benzene rings is 2. The molecule has 1 aliphatic rings. The predicted molar refractivity (Wildman–Crippen MR) is 103 cm³/mol. The van der Waals surface area contributed by atoms with Gasteiger partial charge in [-0.3, -0.25) is 4.79 Å². The van der Waals surface area contributed by atoms with Gasteiger partial charge in [0.15, 0.2) is 0 Å². The molecule has 4 rings (SSSR count). The minimum atomic E-state index is -0.895. The zero-order valence-corrected chi connectivity index (χ0v) is 15.0. The van der Waals surface area contributed by atoms with Gasteiger partial charge >= 0.3 is 6.01 Å². The number of hydrogen-bond donors (Lipinski definition) is 2. The lowest BCUT2D eigenvalue weighted by Crippen LogP contribution is -2.32. The van der Waals surface area contributed by atoms with Crippen molar-refractivity contribution in [3.8, 4) is 0 Å². The molecule has 2 N–H and O–H groups in total. The number of aromatic nitrogens is 2. The van der Waals surface area contributed by atoms with E-state index in [9.17, 15) is 4.79 Å². The molecule has 0 aliphatic carbocycles. The lowest BCUT2D eigenvalue weighted by atomic mass is 10.0. The number of benzodiazepines with no additional fused rings is 1. The van der Waals surface area contributed by atoms with Gasteiger partial charge in [-0.25, -0.2) is 4.99 Å². The summed E-state index contributed by atoms with van der Waals surface area (Å²) in [4.78, 5) is 17.4. The third-order valence-corrected chi connectivity index (χ3v) is 4.19. The molecule has 7 heteroatoms. The van der Waals surface area contributed by atoms with Crippen molar-refractivity contribution in [2.45, 2.75) is 25.9 Å². The topological polar surface area (TPSA) is 92.4 Å². The maximum absolute atomic E-state index is 12.7. The Bertz CT molecular complexity index is 994. The fourth-order valence-electron chi connectivity index (χ4n) is 2.82. The van der Waals surface area contributed by atoms with E-state index in [1.807, 2.05) is 68.4 Å². The van der Waals surface area contributed by atoms with Gasteiger partial charge in [-0.1, -0.05) is 67.5 Å². The lowest BCUT2D eigenvalue weighted by molar-refractivity contribution is -0.116. The third-order valence-electron chi connectivity index (χ3n) is 4.19. The van der Waals surface area contributed by atoms with E-state index < -0.39 is 6.17 Å². The van der Waals surface area contributed by atoms with Crippen molar-refractivity contribution in [3.63, 3.8) is 0 Å². The SMILES string of the molecule is CC(C)c1nnc(NC2N=C(c3ccccc3)c3ccccc3NC2=O)o1. The summed E-state index contributed by atoms with van der Waals surface area (Å²) in [6.07, 6.45) is -0.895. The average Bonchev–Trinajstić information content (AvgIpc) is 3.10. The molecule has 0 fully saturated rings. The van der Waals surface area contributed by atoms with Gasteiger partial charge in [0.2, 0.25) is 12.1 Å². The van der Waals surface area contributed by atoms with Crippen LogP contribution >= 0.6 is 0 Å². The van der Waals surface area contributed by atoms with Gasteiger partial charge in [0, 0.05) is 17.0 Å². The normalized spacial score (nSPS) is 16.3. The fraction of sp³-hybridized carbons (Fsp3) is 0.200. The van der Waals surface area contributed by atoms with E-state index in [-0.39, 0.29) is 17.8 Å². The van der Waals surface area contributed by atoms with Crippen LogP contribution in [-0.2, 0) is 4.79 Å². The quantitative estimate of drug-likeness (QED) is 0.743. The molecule has 3 aromatic rings. The first-order chi connectivity index (χ1) is 13.1. The molecular formula is C20H19N5O2. The molecule has 0 saturated carbocycles. The van der Waals surface area contributed by atoms with Crippen molar-refractivity contribution in [3.05, 3.63) is 71.6 Å². The van der Waals surface area contributed by atoms with E-state index in [4.69, 9.17) is 4.42 Å². The Hall–Kier alpha value is -3.48. The molecule has 1 aliphatic heterocycles. The number of anilines is 2. The average molecular weight is 361 g/mol. The van der Waals surface area contributed by atoms with Crippen LogP contribution in [0.4, 0.5) is 11.7 Å². The highest BCUT2D eigenvalue weighted by molar-refractivity contribution is 6.19. The first-order valence-corrected chi connectivity index (χ1v) is 8.75. The number of carbonyl (C=O) groups excluding carboxylic acids is 1. The summed E-state index contributed by atoms with van der Waals surface area (Å²) in [7, 11) is 0. The molecule has 0 saturated heterocycles. The number of hydrogen-bond acceptors (Lipinski definition) is 6. The van der Waals surface area contributed by atoms with Gasteiger partial charge in [-0.05, 0) is 6.07 Å². The van der Waals surface area contributed by atoms with E-state index in [0.29, 0.717) is 17.3 Å². The van der Waals surface area contributed by atoms with Crippen LogP contribution in [0.15, 0.2) is 64.0 Å². The minimum Gasteiger partial charge on any atom is -0.408 e. The summed E-state index contributed by atoms with van der Waals surface area (Å²) >= 11 is 0. The number of rotatable bonds is 4. The number of nitrogens with one attached hydrogen (secondary N) is 2. The maximum Gasteiger partial charge on any atom is 0.317 e. The summed E-state index contributed by atoms with van der Waals surface area (Å²) in [6.45, 7) is 3.91. The molecule has 0 bridgehead atoms. The van der Waals surface area contributed by atoms with Gasteiger partial charge in [0.1, 0.15) is 0 Å². The molecule has 2 heterocycles. The van der Waals surface area contributed by atoms with Crippen LogP contribution in [0.25, 0.3) is 0 Å². The number of aliphatic imine (C=N–C) groups is 1. The Morgan fingerprint density at radius 3 is 2.52 bits per heavy atom. The highest BCUT2D eigenvalue weighted by Crippen LogP contribution is 2.25. The van der Waals surface area contributed by atoms with Crippen molar-refractivity contribution in [2.75, 3.05) is 10.6 Å². The maximum atomic E-state index is 12.7. The van der Waals surface area contributed by atoms with E-state index in [2.05, 4.69) is 25.8 Å². The Morgan fingerprint density at radius 2 is 1.78 bits per heavy atom. The number of fused-ring (bicyclic) bond motifs is 1. The van der Waals surface area contributed by atoms with Crippen LogP contribution in [0.1, 0.15) is 36.8 Å². The van der Waals surface area contributed by atoms with Gasteiger partial charge in [0.25, 0.3) is 5.91 Å². The van der Waals surface area contributed by atoms with Crippen molar-refractivity contribution in [1.29, 1.82) is 0 Å². The first-order valence-electron chi connectivity index (χ1n) is 8.75. The Morgan fingerprint density at radius 1 is 1.04 bits per heavy atom. The second-order valence-electron chi connectivity index (χ2n) is 6.53. The van der Waals surface area contributed by atoms with Crippen molar-refractivity contribution in [2.24, 2.45) is 4.99 Å². The molecule has 136 valence electrons. The van der Waals surface area contributed by atoms with Crippen LogP contribution < -0.4 is 10.6 Å². The summed E-state index contributed by atoms with van der Waals surface area (Å²) in [6, 6.07) is 17.5. The largest absolute Gasteiger partial charge is 0.408 e. The zero-order chi connectivity index (χ0) is 18.8. The van der Waals surface area contributed by atoms with E-state index in [1.54, 1.807) is 0 Å².